The summed E-state index contributed by atoms with van der Waals surface area (Å²) in [5.74, 6) is -1.58. The van der Waals surface area contributed by atoms with Crippen molar-refractivity contribution < 1.29 is 29.0 Å². The molecule has 0 aliphatic heterocycles. The van der Waals surface area contributed by atoms with Gasteiger partial charge in [-0.2, -0.15) is 0 Å². The summed E-state index contributed by atoms with van der Waals surface area (Å²) in [6.07, 6.45) is -1.08. The van der Waals surface area contributed by atoms with Gasteiger partial charge in [0.05, 0.1) is 12.5 Å². The summed E-state index contributed by atoms with van der Waals surface area (Å²) in [5, 5.41) is 21.6. The van der Waals surface area contributed by atoms with Crippen LogP contribution in [0.4, 0.5) is 20.4 Å². The van der Waals surface area contributed by atoms with Gasteiger partial charge in [-0.15, -0.1) is 11.3 Å². The molecule has 2 aromatic carbocycles. The summed E-state index contributed by atoms with van der Waals surface area (Å²) in [4.78, 5) is 52.3. The highest BCUT2D eigenvalue weighted by atomic mass is 32.1. The third kappa shape index (κ3) is 9.21. The number of carboxylic acid groups (broad SMARTS) is 1. The molecule has 4 amide bonds. The fraction of sp³-hybridized carbons (Fsp3) is 0.269. The number of nitrogens with zero attached hydrogens (tertiary/aromatic N) is 1. The Labute approximate surface area is 223 Å². The number of thiazole rings is 1. The molecule has 5 N–H and O–H groups in total. The number of anilines is 2. The lowest BCUT2D eigenvalue weighted by molar-refractivity contribution is -0.137. The second-order valence-corrected chi connectivity index (χ2v) is 10.1. The normalized spacial score (nSPS) is 11.7. The van der Waals surface area contributed by atoms with Gasteiger partial charge in [-0.05, 0) is 44.0 Å². The summed E-state index contributed by atoms with van der Waals surface area (Å²) in [5.41, 5.74) is 1.30. The average molecular weight is 540 g/mol. The molecule has 0 fully saturated rings. The van der Waals surface area contributed by atoms with E-state index in [2.05, 4.69) is 26.3 Å². The van der Waals surface area contributed by atoms with Gasteiger partial charge < -0.3 is 25.8 Å². The molecule has 38 heavy (non-hydrogen) atoms. The molecule has 1 unspecified atom stereocenters. The molecule has 0 saturated carbocycles. The van der Waals surface area contributed by atoms with Gasteiger partial charge in [0.15, 0.2) is 5.13 Å². The van der Waals surface area contributed by atoms with Gasteiger partial charge >= 0.3 is 18.1 Å². The van der Waals surface area contributed by atoms with Gasteiger partial charge in [0.25, 0.3) is 5.91 Å². The van der Waals surface area contributed by atoms with E-state index in [9.17, 15) is 24.3 Å². The standard InChI is InChI=1S/C26H29N5O6S/c1-26(2,3)37-25(36)30-19(13-21(32)33)17-9-11-18(12-10-17)28-22(34)20-15-38-24(29-20)31-23(35)27-14-16-7-5-4-6-8-16/h4-12,15,19H,13-14H2,1-3H3,(H,28,34)(H,30,36)(H,32,33)(H2,27,29,31,35). The Morgan fingerprint density at radius 1 is 1.00 bits per heavy atom. The number of amides is 4. The van der Waals surface area contributed by atoms with Crippen LogP contribution in [0.3, 0.4) is 0 Å². The SMILES string of the molecule is CC(C)(C)OC(=O)NC(CC(=O)O)c1ccc(NC(=O)c2csc(NC(=O)NCc3ccccc3)n2)cc1. The van der Waals surface area contributed by atoms with E-state index in [4.69, 9.17) is 4.74 Å². The summed E-state index contributed by atoms with van der Waals surface area (Å²) in [6, 6.07) is 14.5. The Balaban J connectivity index is 1.56. The highest BCUT2D eigenvalue weighted by molar-refractivity contribution is 7.14. The summed E-state index contributed by atoms with van der Waals surface area (Å²) in [6.45, 7) is 5.47. The van der Waals surface area contributed by atoms with Crippen molar-refractivity contribution >= 4 is 46.2 Å². The molecule has 200 valence electrons. The first-order valence-corrected chi connectivity index (χ1v) is 12.5. The minimum absolute atomic E-state index is 0.118. The number of aliphatic carboxylic acids is 1. The molecule has 0 bridgehead atoms. The lowest BCUT2D eigenvalue weighted by Gasteiger charge is -2.23. The van der Waals surface area contributed by atoms with Crippen molar-refractivity contribution in [2.75, 3.05) is 10.6 Å². The topological polar surface area (TPSA) is 159 Å². The smallest absolute Gasteiger partial charge is 0.408 e. The van der Waals surface area contributed by atoms with Gasteiger partial charge in [-0.3, -0.25) is 14.9 Å². The van der Waals surface area contributed by atoms with Gasteiger partial charge in [-0.1, -0.05) is 42.5 Å². The van der Waals surface area contributed by atoms with Crippen LogP contribution in [0.25, 0.3) is 0 Å². The van der Waals surface area contributed by atoms with E-state index in [0.717, 1.165) is 16.9 Å². The first kappa shape index (κ1) is 28.1. The van der Waals surface area contributed by atoms with E-state index in [1.165, 1.54) is 5.38 Å². The molecule has 0 saturated heterocycles. The Morgan fingerprint density at radius 3 is 2.32 bits per heavy atom. The summed E-state index contributed by atoms with van der Waals surface area (Å²) >= 11 is 1.11. The second kappa shape index (κ2) is 12.7. The number of ether oxygens (including phenoxy) is 1. The molecule has 3 rings (SSSR count). The summed E-state index contributed by atoms with van der Waals surface area (Å²) < 4.78 is 5.22. The molecule has 1 aromatic heterocycles. The van der Waals surface area contributed by atoms with Crippen molar-refractivity contribution in [1.29, 1.82) is 0 Å². The monoisotopic (exact) mass is 539 g/mol. The zero-order valence-electron chi connectivity index (χ0n) is 21.1. The first-order chi connectivity index (χ1) is 18.0. The van der Waals surface area contributed by atoms with E-state index >= 15 is 0 Å². The van der Waals surface area contributed by atoms with Gasteiger partial charge in [0.1, 0.15) is 11.3 Å². The number of carbonyl (C=O) groups excluding carboxylic acids is 3. The van der Waals surface area contributed by atoms with Crippen molar-refractivity contribution in [2.24, 2.45) is 0 Å². The molecular weight excluding hydrogens is 510 g/mol. The molecule has 0 spiro atoms. The van der Waals surface area contributed by atoms with Crippen LogP contribution < -0.4 is 21.3 Å². The molecular formula is C26H29N5O6S. The van der Waals surface area contributed by atoms with Gasteiger partial charge in [0.2, 0.25) is 0 Å². The van der Waals surface area contributed by atoms with Crippen LogP contribution in [-0.4, -0.2) is 39.7 Å². The van der Waals surface area contributed by atoms with Gasteiger partial charge in [-0.25, -0.2) is 14.6 Å². The predicted octanol–water partition coefficient (Wildman–Crippen LogP) is 4.76. The zero-order valence-corrected chi connectivity index (χ0v) is 21.9. The van der Waals surface area contributed by atoms with Crippen LogP contribution >= 0.6 is 11.3 Å². The molecule has 12 heteroatoms. The quantitative estimate of drug-likeness (QED) is 0.262. The highest BCUT2D eigenvalue weighted by Gasteiger charge is 2.22. The number of benzene rings is 2. The Kier molecular flexibility index (Phi) is 9.39. The second-order valence-electron chi connectivity index (χ2n) is 9.20. The number of urea groups is 1. The number of nitrogens with one attached hydrogen (secondary N) is 4. The third-order valence-electron chi connectivity index (χ3n) is 4.89. The largest absolute Gasteiger partial charge is 0.481 e. The van der Waals surface area contributed by atoms with E-state index in [1.54, 1.807) is 45.0 Å². The number of hydrogen-bond acceptors (Lipinski definition) is 7. The van der Waals surface area contributed by atoms with Crippen molar-refractivity contribution in [3.05, 3.63) is 76.8 Å². The fourth-order valence-corrected chi connectivity index (χ4v) is 3.91. The molecule has 0 aliphatic carbocycles. The first-order valence-electron chi connectivity index (χ1n) is 11.7. The minimum Gasteiger partial charge on any atom is -0.481 e. The Hall–Kier alpha value is -4.45. The van der Waals surface area contributed by atoms with Gasteiger partial charge in [0, 0.05) is 17.6 Å². The van der Waals surface area contributed by atoms with Crippen LogP contribution in [0.5, 0.6) is 0 Å². The molecule has 1 atom stereocenters. The molecule has 0 aliphatic rings. The average Bonchev–Trinajstić information content (AvgIpc) is 3.30. The van der Waals surface area contributed by atoms with Crippen molar-refractivity contribution in [1.82, 2.24) is 15.6 Å². The fourth-order valence-electron chi connectivity index (χ4n) is 3.23. The van der Waals surface area contributed by atoms with Crippen LogP contribution in [0.2, 0.25) is 0 Å². The maximum absolute atomic E-state index is 12.6. The number of carboxylic acids is 1. The van der Waals surface area contributed by atoms with E-state index in [-0.39, 0.29) is 17.2 Å². The number of carbonyl (C=O) groups is 4. The van der Waals surface area contributed by atoms with Crippen molar-refractivity contribution in [3.8, 4) is 0 Å². The molecule has 11 nitrogen and oxygen atoms in total. The van der Waals surface area contributed by atoms with Crippen molar-refractivity contribution in [3.63, 3.8) is 0 Å². The highest BCUT2D eigenvalue weighted by Crippen LogP contribution is 2.22. The maximum atomic E-state index is 12.6. The molecule has 1 heterocycles. The predicted molar refractivity (Wildman–Crippen MR) is 143 cm³/mol. The lowest BCUT2D eigenvalue weighted by atomic mass is 10.0. The van der Waals surface area contributed by atoms with Crippen LogP contribution in [-0.2, 0) is 16.1 Å². The van der Waals surface area contributed by atoms with Crippen molar-refractivity contribution in [2.45, 2.75) is 45.4 Å². The Bertz CT molecular complexity index is 1270. The summed E-state index contributed by atoms with van der Waals surface area (Å²) in [7, 11) is 0. The van der Waals surface area contributed by atoms with E-state index in [1.807, 2.05) is 30.3 Å². The zero-order chi connectivity index (χ0) is 27.7. The van der Waals surface area contributed by atoms with Crippen LogP contribution in [0.1, 0.15) is 54.8 Å². The van der Waals surface area contributed by atoms with E-state index in [0.29, 0.717) is 17.8 Å². The lowest BCUT2D eigenvalue weighted by Crippen LogP contribution is -2.35. The maximum Gasteiger partial charge on any atom is 0.408 e. The number of aromatic nitrogens is 1. The number of alkyl carbamates (subject to hydrolysis) is 1. The Morgan fingerprint density at radius 2 is 1.68 bits per heavy atom. The van der Waals surface area contributed by atoms with E-state index < -0.39 is 35.6 Å². The number of rotatable bonds is 9. The minimum atomic E-state index is -1.09. The van der Waals surface area contributed by atoms with Crippen LogP contribution in [0, 0.1) is 0 Å². The number of hydrogen-bond donors (Lipinski definition) is 5. The molecule has 0 radical (unpaired) electrons. The van der Waals surface area contributed by atoms with Crippen LogP contribution in [0.15, 0.2) is 60.0 Å². The third-order valence-corrected chi connectivity index (χ3v) is 5.65. The molecule has 3 aromatic rings.